The molecule has 2 heterocycles. The summed E-state index contributed by atoms with van der Waals surface area (Å²) in [6, 6.07) is 12.0. The van der Waals surface area contributed by atoms with E-state index in [1.54, 1.807) is 25.1 Å². The molecule has 1 aliphatic rings. The number of ether oxygens (including phenoxy) is 2. The van der Waals surface area contributed by atoms with Crippen molar-refractivity contribution in [3.8, 4) is 22.9 Å². The van der Waals surface area contributed by atoms with Crippen LogP contribution in [0.5, 0.6) is 11.5 Å². The van der Waals surface area contributed by atoms with Gasteiger partial charge in [0, 0.05) is 29.1 Å². The highest BCUT2D eigenvalue weighted by atomic mass is 19.1. The maximum atomic E-state index is 13.2. The van der Waals surface area contributed by atoms with Crippen LogP contribution >= 0.6 is 0 Å². The van der Waals surface area contributed by atoms with Crippen LogP contribution in [0.15, 0.2) is 53.3 Å². The van der Waals surface area contributed by atoms with Crippen molar-refractivity contribution < 1.29 is 18.7 Å². The van der Waals surface area contributed by atoms with Crippen LogP contribution in [0.3, 0.4) is 0 Å². The number of amides is 1. The Balaban J connectivity index is 1.61. The standard InChI is InChI=1S/C20H16FN3O4/c1-12-8-19(26)24(20(22-12)13-2-4-14(21)5-3-13)10-18(25)23-15-6-7-16-17(9-15)28-11-27-16/h2-9H,10-11H2,1H3,(H,23,25). The van der Waals surface area contributed by atoms with Gasteiger partial charge in [-0.15, -0.1) is 0 Å². The third-order valence-corrected chi connectivity index (χ3v) is 4.20. The number of halogens is 1. The summed E-state index contributed by atoms with van der Waals surface area (Å²) in [4.78, 5) is 29.4. The third-order valence-electron chi connectivity index (χ3n) is 4.20. The average Bonchev–Trinajstić information content (AvgIpc) is 3.12. The number of carbonyl (C=O) groups is 1. The molecule has 0 saturated carbocycles. The van der Waals surface area contributed by atoms with Gasteiger partial charge in [-0.25, -0.2) is 9.37 Å². The SMILES string of the molecule is Cc1cc(=O)n(CC(=O)Nc2ccc3c(c2)OCO3)c(-c2ccc(F)cc2)n1. The highest BCUT2D eigenvalue weighted by Crippen LogP contribution is 2.34. The van der Waals surface area contributed by atoms with Gasteiger partial charge >= 0.3 is 0 Å². The number of aromatic nitrogens is 2. The number of aryl methyl sites for hydroxylation is 1. The van der Waals surface area contributed by atoms with E-state index in [1.165, 1.54) is 34.9 Å². The second-order valence-electron chi connectivity index (χ2n) is 6.27. The van der Waals surface area contributed by atoms with Gasteiger partial charge in [0.1, 0.15) is 18.2 Å². The molecule has 4 rings (SSSR count). The Morgan fingerprint density at radius 3 is 2.68 bits per heavy atom. The highest BCUT2D eigenvalue weighted by Gasteiger charge is 2.16. The number of rotatable bonds is 4. The summed E-state index contributed by atoms with van der Waals surface area (Å²) in [6.07, 6.45) is 0. The monoisotopic (exact) mass is 381 g/mol. The molecule has 28 heavy (non-hydrogen) atoms. The molecule has 7 nitrogen and oxygen atoms in total. The van der Waals surface area contributed by atoms with Crippen LogP contribution < -0.4 is 20.3 Å². The summed E-state index contributed by atoms with van der Waals surface area (Å²) in [6.45, 7) is 1.58. The third kappa shape index (κ3) is 3.57. The predicted octanol–water partition coefficient (Wildman–Crippen LogP) is 2.73. The molecule has 0 fully saturated rings. The highest BCUT2D eigenvalue weighted by molar-refractivity contribution is 5.91. The summed E-state index contributed by atoms with van der Waals surface area (Å²) in [5, 5.41) is 2.73. The zero-order valence-electron chi connectivity index (χ0n) is 14.9. The number of carbonyl (C=O) groups excluding carboxylic acids is 1. The molecule has 0 unspecified atom stereocenters. The van der Waals surface area contributed by atoms with Crippen molar-refractivity contribution in [3.63, 3.8) is 0 Å². The van der Waals surface area contributed by atoms with E-state index in [4.69, 9.17) is 9.47 Å². The van der Waals surface area contributed by atoms with Gasteiger partial charge in [0.05, 0.1) is 0 Å². The minimum atomic E-state index is -0.407. The Kier molecular flexibility index (Phi) is 4.52. The molecule has 0 saturated heterocycles. The molecular weight excluding hydrogens is 365 g/mol. The normalized spacial score (nSPS) is 12.1. The first-order valence-corrected chi connectivity index (χ1v) is 8.53. The summed E-state index contributed by atoms with van der Waals surface area (Å²) in [5.41, 5.74) is 1.20. The molecule has 1 aromatic heterocycles. The summed E-state index contributed by atoms with van der Waals surface area (Å²) < 4.78 is 25.0. The van der Waals surface area contributed by atoms with Crippen LogP contribution in [0.2, 0.25) is 0 Å². The number of nitrogens with one attached hydrogen (secondary N) is 1. The lowest BCUT2D eigenvalue weighted by molar-refractivity contribution is -0.116. The lowest BCUT2D eigenvalue weighted by Crippen LogP contribution is -2.29. The number of hydrogen-bond donors (Lipinski definition) is 1. The first kappa shape index (κ1) is 17.7. The first-order valence-electron chi connectivity index (χ1n) is 8.53. The molecule has 1 amide bonds. The van der Waals surface area contributed by atoms with Gasteiger partial charge in [0.15, 0.2) is 11.5 Å². The molecule has 0 spiro atoms. The van der Waals surface area contributed by atoms with Crippen LogP contribution in [0.1, 0.15) is 5.69 Å². The Bertz CT molecular complexity index is 1110. The maximum absolute atomic E-state index is 13.2. The first-order chi connectivity index (χ1) is 13.5. The van der Waals surface area contributed by atoms with Crippen molar-refractivity contribution >= 4 is 11.6 Å². The lowest BCUT2D eigenvalue weighted by atomic mass is 10.2. The summed E-state index contributed by atoms with van der Waals surface area (Å²) in [7, 11) is 0. The Morgan fingerprint density at radius 1 is 1.14 bits per heavy atom. The predicted molar refractivity (Wildman–Crippen MR) is 99.8 cm³/mol. The molecule has 0 bridgehead atoms. The molecule has 0 radical (unpaired) electrons. The van der Waals surface area contributed by atoms with E-state index < -0.39 is 11.7 Å². The van der Waals surface area contributed by atoms with E-state index in [0.717, 1.165) is 0 Å². The van der Waals surface area contributed by atoms with E-state index in [1.807, 2.05) is 0 Å². The lowest BCUT2D eigenvalue weighted by Gasteiger charge is -2.13. The number of hydrogen-bond acceptors (Lipinski definition) is 5. The van der Waals surface area contributed by atoms with Crippen LogP contribution in [0, 0.1) is 12.7 Å². The van der Waals surface area contributed by atoms with Gasteiger partial charge in [0.25, 0.3) is 5.56 Å². The van der Waals surface area contributed by atoms with Crippen LogP contribution in [0.4, 0.5) is 10.1 Å². The zero-order valence-corrected chi connectivity index (χ0v) is 14.9. The topological polar surface area (TPSA) is 82.5 Å². The van der Waals surface area contributed by atoms with Crippen LogP contribution in [-0.2, 0) is 11.3 Å². The molecule has 2 aromatic carbocycles. The molecule has 8 heteroatoms. The number of fused-ring (bicyclic) bond motifs is 1. The molecule has 1 N–H and O–H groups in total. The van der Waals surface area contributed by atoms with Crippen molar-refractivity contribution in [2.45, 2.75) is 13.5 Å². The summed E-state index contributed by atoms with van der Waals surface area (Å²) in [5.74, 6) is 0.640. The quantitative estimate of drug-likeness (QED) is 0.751. The second kappa shape index (κ2) is 7.15. The average molecular weight is 381 g/mol. The van der Waals surface area contributed by atoms with Gasteiger partial charge < -0.3 is 14.8 Å². The Morgan fingerprint density at radius 2 is 1.89 bits per heavy atom. The van der Waals surface area contributed by atoms with Gasteiger partial charge in [-0.05, 0) is 43.3 Å². The minimum Gasteiger partial charge on any atom is -0.454 e. The van der Waals surface area contributed by atoms with Crippen LogP contribution in [0.25, 0.3) is 11.4 Å². The van der Waals surface area contributed by atoms with Crippen molar-refractivity contribution in [2.24, 2.45) is 0 Å². The maximum Gasteiger partial charge on any atom is 0.254 e. The van der Waals surface area contributed by atoms with Gasteiger partial charge in [-0.2, -0.15) is 0 Å². The molecule has 1 aliphatic heterocycles. The number of benzene rings is 2. The van der Waals surface area contributed by atoms with Gasteiger partial charge in [0.2, 0.25) is 12.7 Å². The Labute approximate surface area is 159 Å². The van der Waals surface area contributed by atoms with E-state index in [-0.39, 0.29) is 18.9 Å². The molecule has 0 aliphatic carbocycles. The smallest absolute Gasteiger partial charge is 0.254 e. The van der Waals surface area contributed by atoms with E-state index in [2.05, 4.69) is 10.3 Å². The molecular formula is C20H16FN3O4. The van der Waals surface area contributed by atoms with E-state index >= 15 is 0 Å². The van der Waals surface area contributed by atoms with Crippen LogP contribution in [-0.4, -0.2) is 22.3 Å². The zero-order chi connectivity index (χ0) is 19.7. The Hall–Kier alpha value is -3.68. The van der Waals surface area contributed by atoms with Crippen molar-refractivity contribution in [2.75, 3.05) is 12.1 Å². The fraction of sp³-hybridized carbons (Fsp3) is 0.150. The van der Waals surface area contributed by atoms with E-state index in [9.17, 15) is 14.0 Å². The minimum absolute atomic E-state index is 0.137. The van der Waals surface area contributed by atoms with Gasteiger partial charge in [-0.1, -0.05) is 0 Å². The summed E-state index contributed by atoms with van der Waals surface area (Å²) >= 11 is 0. The van der Waals surface area contributed by atoms with Gasteiger partial charge in [-0.3, -0.25) is 14.2 Å². The number of nitrogens with zero attached hydrogens (tertiary/aromatic N) is 2. The van der Waals surface area contributed by atoms with Crippen molar-refractivity contribution in [1.82, 2.24) is 9.55 Å². The van der Waals surface area contributed by atoms with Crippen molar-refractivity contribution in [3.05, 3.63) is 70.4 Å². The second-order valence-corrected chi connectivity index (χ2v) is 6.27. The number of anilines is 1. The fourth-order valence-corrected chi connectivity index (χ4v) is 2.91. The largest absolute Gasteiger partial charge is 0.454 e. The molecule has 3 aromatic rings. The fourth-order valence-electron chi connectivity index (χ4n) is 2.91. The van der Waals surface area contributed by atoms with E-state index in [0.29, 0.717) is 34.3 Å². The molecule has 0 atom stereocenters. The molecule has 142 valence electrons. The van der Waals surface area contributed by atoms with Crippen molar-refractivity contribution in [1.29, 1.82) is 0 Å².